The van der Waals surface area contributed by atoms with Crippen molar-refractivity contribution in [1.29, 1.82) is 0 Å². The summed E-state index contributed by atoms with van der Waals surface area (Å²) in [4.78, 5) is 32.3. The van der Waals surface area contributed by atoms with E-state index in [1.165, 1.54) is 31.2 Å². The largest absolute Gasteiger partial charge is 0.452 e. The SMILES string of the molecule is C=C(C)C(=O)OCC(=O)Nc1ccc([N+](=O)[O-])cc1. The van der Waals surface area contributed by atoms with E-state index in [2.05, 4.69) is 16.6 Å². The lowest BCUT2D eigenvalue weighted by atomic mass is 10.3. The summed E-state index contributed by atoms with van der Waals surface area (Å²) in [5, 5.41) is 12.9. The van der Waals surface area contributed by atoms with Crippen LogP contribution in [0.5, 0.6) is 0 Å². The monoisotopic (exact) mass is 264 g/mol. The number of hydrogen-bond acceptors (Lipinski definition) is 5. The van der Waals surface area contributed by atoms with Gasteiger partial charge in [0, 0.05) is 23.4 Å². The molecule has 100 valence electrons. The van der Waals surface area contributed by atoms with Crippen LogP contribution in [0.3, 0.4) is 0 Å². The Kier molecular flexibility index (Phi) is 4.76. The van der Waals surface area contributed by atoms with Crippen molar-refractivity contribution in [2.45, 2.75) is 6.92 Å². The first-order chi connectivity index (χ1) is 8.90. The summed E-state index contributed by atoms with van der Waals surface area (Å²) >= 11 is 0. The van der Waals surface area contributed by atoms with Gasteiger partial charge in [-0.2, -0.15) is 0 Å². The number of ether oxygens (including phenoxy) is 1. The maximum absolute atomic E-state index is 11.4. The molecule has 0 spiro atoms. The average Bonchev–Trinajstić information content (AvgIpc) is 2.36. The van der Waals surface area contributed by atoms with Gasteiger partial charge in [-0.25, -0.2) is 4.79 Å². The molecule has 0 bridgehead atoms. The number of nitrogens with zero attached hydrogens (tertiary/aromatic N) is 1. The van der Waals surface area contributed by atoms with Crippen molar-refractivity contribution in [3.05, 3.63) is 46.5 Å². The van der Waals surface area contributed by atoms with Gasteiger partial charge in [0.2, 0.25) is 0 Å². The molecule has 0 aliphatic rings. The lowest BCUT2D eigenvalue weighted by molar-refractivity contribution is -0.384. The van der Waals surface area contributed by atoms with Gasteiger partial charge >= 0.3 is 5.97 Å². The predicted octanol–water partition coefficient (Wildman–Crippen LogP) is 1.65. The lowest BCUT2D eigenvalue weighted by Gasteiger charge is -2.06. The first kappa shape index (κ1) is 14.4. The lowest BCUT2D eigenvalue weighted by Crippen LogP contribution is -2.20. The van der Waals surface area contributed by atoms with Crippen molar-refractivity contribution >= 4 is 23.3 Å². The molecular formula is C12H12N2O5. The summed E-state index contributed by atoms with van der Waals surface area (Å²) in [6, 6.07) is 5.29. The van der Waals surface area contributed by atoms with Crippen molar-refractivity contribution in [1.82, 2.24) is 0 Å². The van der Waals surface area contributed by atoms with Crippen LogP contribution in [0.25, 0.3) is 0 Å². The summed E-state index contributed by atoms with van der Waals surface area (Å²) in [5.74, 6) is -1.19. The van der Waals surface area contributed by atoms with Crippen molar-refractivity contribution in [3.8, 4) is 0 Å². The molecule has 19 heavy (non-hydrogen) atoms. The minimum atomic E-state index is -0.654. The molecule has 1 amide bonds. The molecule has 0 aliphatic heterocycles. The van der Waals surface area contributed by atoms with E-state index in [-0.39, 0.29) is 11.3 Å². The van der Waals surface area contributed by atoms with Crippen LogP contribution >= 0.6 is 0 Å². The number of nitro benzene ring substituents is 1. The molecule has 7 heteroatoms. The fourth-order valence-electron chi connectivity index (χ4n) is 1.12. The smallest absolute Gasteiger partial charge is 0.333 e. The Hall–Kier alpha value is -2.70. The van der Waals surface area contributed by atoms with Gasteiger partial charge < -0.3 is 10.1 Å². The van der Waals surface area contributed by atoms with Crippen molar-refractivity contribution in [2.24, 2.45) is 0 Å². The Labute approximate surface area is 109 Å². The van der Waals surface area contributed by atoms with Gasteiger partial charge in [0.05, 0.1) is 4.92 Å². The van der Waals surface area contributed by atoms with Crippen molar-refractivity contribution in [3.63, 3.8) is 0 Å². The number of amides is 1. The number of nitro groups is 1. The molecule has 7 nitrogen and oxygen atoms in total. The van der Waals surface area contributed by atoms with Gasteiger partial charge in [0.1, 0.15) is 0 Å². The summed E-state index contributed by atoms with van der Waals surface area (Å²) in [5.41, 5.74) is 0.497. The highest BCUT2D eigenvalue weighted by atomic mass is 16.6. The molecule has 0 radical (unpaired) electrons. The number of rotatable bonds is 5. The molecule has 0 atom stereocenters. The molecule has 1 aromatic rings. The van der Waals surface area contributed by atoms with E-state index < -0.39 is 23.4 Å². The van der Waals surface area contributed by atoms with Gasteiger partial charge in [0.25, 0.3) is 11.6 Å². The molecule has 0 saturated carbocycles. The molecular weight excluding hydrogens is 252 g/mol. The van der Waals surface area contributed by atoms with Crippen LogP contribution < -0.4 is 5.32 Å². The zero-order valence-electron chi connectivity index (χ0n) is 10.2. The number of non-ortho nitro benzene ring substituents is 1. The predicted molar refractivity (Wildman–Crippen MR) is 67.5 cm³/mol. The average molecular weight is 264 g/mol. The summed E-state index contributed by atoms with van der Waals surface area (Å²) in [6.45, 7) is 4.40. The first-order valence-corrected chi connectivity index (χ1v) is 5.27. The Morgan fingerprint density at radius 1 is 1.37 bits per heavy atom. The van der Waals surface area contributed by atoms with Crippen LogP contribution in [-0.4, -0.2) is 23.4 Å². The van der Waals surface area contributed by atoms with Crippen LogP contribution in [0.2, 0.25) is 0 Å². The van der Waals surface area contributed by atoms with E-state index in [0.717, 1.165) is 0 Å². The van der Waals surface area contributed by atoms with Crippen LogP contribution in [-0.2, 0) is 14.3 Å². The molecule has 0 unspecified atom stereocenters. The van der Waals surface area contributed by atoms with Crippen LogP contribution in [0, 0.1) is 10.1 Å². The Morgan fingerprint density at radius 2 is 1.95 bits per heavy atom. The molecule has 0 aromatic heterocycles. The Bertz CT molecular complexity index is 521. The third kappa shape index (κ3) is 4.58. The number of carbonyl (C=O) groups excluding carboxylic acids is 2. The van der Waals surface area contributed by atoms with Gasteiger partial charge in [0.15, 0.2) is 6.61 Å². The fourth-order valence-corrected chi connectivity index (χ4v) is 1.12. The topological polar surface area (TPSA) is 98.5 Å². The summed E-state index contributed by atoms with van der Waals surface area (Å²) in [7, 11) is 0. The third-order valence-electron chi connectivity index (χ3n) is 2.04. The molecule has 0 aliphatic carbocycles. The Balaban J connectivity index is 2.50. The van der Waals surface area contributed by atoms with Gasteiger partial charge in [-0.15, -0.1) is 0 Å². The van der Waals surface area contributed by atoms with Crippen molar-refractivity contribution in [2.75, 3.05) is 11.9 Å². The number of esters is 1. The van der Waals surface area contributed by atoms with E-state index in [1.54, 1.807) is 0 Å². The minimum absolute atomic E-state index is 0.0771. The number of benzene rings is 1. The number of anilines is 1. The molecule has 1 N–H and O–H groups in total. The number of nitrogens with one attached hydrogen (secondary N) is 1. The van der Waals surface area contributed by atoms with Crippen molar-refractivity contribution < 1.29 is 19.2 Å². The molecule has 0 heterocycles. The summed E-state index contributed by atoms with van der Waals surface area (Å²) < 4.78 is 4.64. The van der Waals surface area contributed by atoms with E-state index in [9.17, 15) is 19.7 Å². The molecule has 0 saturated heterocycles. The number of hydrogen-bond donors (Lipinski definition) is 1. The fraction of sp³-hybridized carbons (Fsp3) is 0.167. The highest BCUT2D eigenvalue weighted by Crippen LogP contribution is 2.15. The zero-order valence-corrected chi connectivity index (χ0v) is 10.2. The standard InChI is InChI=1S/C12H12N2O5/c1-8(2)12(16)19-7-11(15)13-9-3-5-10(6-4-9)14(17)18/h3-6H,1,7H2,2H3,(H,13,15). The van der Waals surface area contributed by atoms with E-state index in [1.807, 2.05) is 0 Å². The van der Waals surface area contributed by atoms with Crippen LogP contribution in [0.4, 0.5) is 11.4 Å². The maximum Gasteiger partial charge on any atom is 0.333 e. The molecule has 1 rings (SSSR count). The third-order valence-corrected chi connectivity index (χ3v) is 2.04. The normalized spacial score (nSPS) is 9.53. The van der Waals surface area contributed by atoms with Crippen LogP contribution in [0.15, 0.2) is 36.4 Å². The summed E-state index contributed by atoms with van der Waals surface area (Å²) in [6.07, 6.45) is 0. The van der Waals surface area contributed by atoms with E-state index in [0.29, 0.717) is 5.69 Å². The maximum atomic E-state index is 11.4. The quantitative estimate of drug-likeness (QED) is 0.377. The molecule has 1 aromatic carbocycles. The second-order valence-corrected chi connectivity index (χ2v) is 3.71. The Morgan fingerprint density at radius 3 is 2.42 bits per heavy atom. The van der Waals surface area contributed by atoms with E-state index in [4.69, 9.17) is 0 Å². The van der Waals surface area contributed by atoms with Gasteiger partial charge in [-0.05, 0) is 19.1 Å². The minimum Gasteiger partial charge on any atom is -0.452 e. The highest BCUT2D eigenvalue weighted by Gasteiger charge is 2.09. The highest BCUT2D eigenvalue weighted by molar-refractivity contribution is 5.94. The number of carbonyl (C=O) groups is 2. The second-order valence-electron chi connectivity index (χ2n) is 3.71. The van der Waals surface area contributed by atoms with Gasteiger partial charge in [-0.3, -0.25) is 14.9 Å². The van der Waals surface area contributed by atoms with Gasteiger partial charge in [-0.1, -0.05) is 6.58 Å². The molecule has 0 fully saturated rings. The first-order valence-electron chi connectivity index (χ1n) is 5.27. The van der Waals surface area contributed by atoms with E-state index >= 15 is 0 Å². The second kappa shape index (κ2) is 6.29. The zero-order chi connectivity index (χ0) is 14.4. The van der Waals surface area contributed by atoms with Crippen LogP contribution in [0.1, 0.15) is 6.92 Å².